The number of hydrogen-bond acceptors (Lipinski definition) is 4. The van der Waals surface area contributed by atoms with E-state index in [0.717, 1.165) is 24.2 Å². The summed E-state index contributed by atoms with van der Waals surface area (Å²) in [7, 11) is 3.23. The lowest BCUT2D eigenvalue weighted by Gasteiger charge is -2.26. The van der Waals surface area contributed by atoms with Crippen molar-refractivity contribution in [2.24, 2.45) is 0 Å². The molecule has 1 fully saturated rings. The van der Waals surface area contributed by atoms with E-state index < -0.39 is 0 Å². The van der Waals surface area contributed by atoms with Crippen LogP contribution in [0.1, 0.15) is 40.5 Å². The molecule has 1 amide bonds. The summed E-state index contributed by atoms with van der Waals surface area (Å²) in [6, 6.07) is 11.9. The molecule has 2 heterocycles. The van der Waals surface area contributed by atoms with E-state index in [0.29, 0.717) is 29.2 Å². The van der Waals surface area contributed by atoms with Crippen molar-refractivity contribution >= 4 is 5.91 Å². The molecule has 3 aromatic rings. The molecule has 7 heteroatoms. The molecule has 1 aliphatic rings. The molecular weight excluding hydrogens is 385 g/mol. The third-order valence-electron chi connectivity index (χ3n) is 5.63. The number of carbonyl (C=O) groups is 1. The molecule has 4 rings (SSSR count). The lowest BCUT2D eigenvalue weighted by Crippen LogP contribution is -2.31. The zero-order chi connectivity index (χ0) is 21.3. The maximum absolute atomic E-state index is 14.2. The molecule has 30 heavy (non-hydrogen) atoms. The third-order valence-corrected chi connectivity index (χ3v) is 5.63. The molecule has 1 aromatic heterocycles. The number of benzene rings is 2. The summed E-state index contributed by atoms with van der Waals surface area (Å²) in [6.45, 7) is 2.41. The second-order valence-corrected chi connectivity index (χ2v) is 7.27. The van der Waals surface area contributed by atoms with Gasteiger partial charge in [0.15, 0.2) is 0 Å². The van der Waals surface area contributed by atoms with Gasteiger partial charge in [-0.1, -0.05) is 12.1 Å². The van der Waals surface area contributed by atoms with Crippen molar-refractivity contribution in [3.63, 3.8) is 0 Å². The van der Waals surface area contributed by atoms with Gasteiger partial charge < -0.3 is 14.4 Å². The minimum atomic E-state index is -0.386. The lowest BCUT2D eigenvalue weighted by molar-refractivity contribution is 0.0733. The molecule has 0 spiro atoms. The Morgan fingerprint density at radius 1 is 1.17 bits per heavy atom. The summed E-state index contributed by atoms with van der Waals surface area (Å²) < 4.78 is 26.6. The van der Waals surface area contributed by atoms with Crippen molar-refractivity contribution in [3.05, 3.63) is 71.3 Å². The van der Waals surface area contributed by atoms with Gasteiger partial charge in [-0.2, -0.15) is 5.10 Å². The SMILES string of the molecule is COc1ccc(OC)c(C2CCCN2C(=O)c2cnn(-c3ccccc3F)c2C)c1. The predicted molar refractivity (Wildman–Crippen MR) is 111 cm³/mol. The molecule has 1 atom stereocenters. The molecule has 0 N–H and O–H groups in total. The Labute approximate surface area is 174 Å². The summed E-state index contributed by atoms with van der Waals surface area (Å²) in [6.07, 6.45) is 3.23. The van der Waals surface area contributed by atoms with Gasteiger partial charge >= 0.3 is 0 Å². The zero-order valence-corrected chi connectivity index (χ0v) is 17.3. The van der Waals surface area contributed by atoms with E-state index in [1.165, 1.54) is 16.9 Å². The molecule has 1 unspecified atom stereocenters. The van der Waals surface area contributed by atoms with Gasteiger partial charge in [0, 0.05) is 12.1 Å². The number of amides is 1. The number of rotatable bonds is 5. The number of aromatic nitrogens is 2. The number of likely N-dealkylation sites (tertiary alicyclic amines) is 1. The first kappa shape index (κ1) is 19.9. The van der Waals surface area contributed by atoms with Crippen LogP contribution in [0.5, 0.6) is 11.5 Å². The summed E-state index contributed by atoms with van der Waals surface area (Å²) in [5.74, 6) is 0.929. The van der Waals surface area contributed by atoms with Crippen molar-refractivity contribution in [1.82, 2.24) is 14.7 Å². The minimum Gasteiger partial charge on any atom is -0.497 e. The zero-order valence-electron chi connectivity index (χ0n) is 17.3. The summed E-state index contributed by atoms with van der Waals surface area (Å²) in [5, 5.41) is 4.28. The standard InChI is InChI=1S/C23H24FN3O3/c1-15-18(14-25-27(15)21-8-5-4-7-19(21)24)23(28)26-12-6-9-20(26)17-13-16(29-2)10-11-22(17)30-3/h4-5,7-8,10-11,13-14,20H,6,9,12H2,1-3H3. The van der Waals surface area contributed by atoms with Crippen LogP contribution in [-0.2, 0) is 0 Å². The van der Waals surface area contributed by atoms with Gasteiger partial charge in [0.25, 0.3) is 5.91 Å². The van der Waals surface area contributed by atoms with E-state index in [9.17, 15) is 9.18 Å². The minimum absolute atomic E-state index is 0.123. The van der Waals surface area contributed by atoms with E-state index in [-0.39, 0.29) is 17.8 Å². The Kier molecular flexibility index (Phi) is 5.44. The molecule has 2 aromatic carbocycles. The monoisotopic (exact) mass is 409 g/mol. The Hall–Kier alpha value is -3.35. The topological polar surface area (TPSA) is 56.6 Å². The van der Waals surface area contributed by atoms with E-state index in [4.69, 9.17) is 9.47 Å². The number of halogens is 1. The van der Waals surface area contributed by atoms with Gasteiger partial charge in [-0.3, -0.25) is 4.79 Å². The van der Waals surface area contributed by atoms with Gasteiger partial charge in [0.1, 0.15) is 23.0 Å². The number of methoxy groups -OCH3 is 2. The fourth-order valence-electron chi connectivity index (χ4n) is 4.07. The lowest BCUT2D eigenvalue weighted by atomic mass is 10.0. The predicted octanol–water partition coefficient (Wildman–Crippen LogP) is 4.31. The maximum Gasteiger partial charge on any atom is 0.257 e. The van der Waals surface area contributed by atoms with Gasteiger partial charge in [-0.15, -0.1) is 0 Å². The number of para-hydroxylation sites is 1. The largest absolute Gasteiger partial charge is 0.497 e. The molecule has 0 saturated carbocycles. The van der Waals surface area contributed by atoms with Crippen LogP contribution in [0.15, 0.2) is 48.7 Å². The summed E-state index contributed by atoms with van der Waals surface area (Å²) in [4.78, 5) is 15.3. The van der Waals surface area contributed by atoms with Crippen LogP contribution < -0.4 is 9.47 Å². The van der Waals surface area contributed by atoms with E-state index in [1.807, 2.05) is 23.1 Å². The highest BCUT2D eigenvalue weighted by Crippen LogP contribution is 2.39. The highest BCUT2D eigenvalue weighted by molar-refractivity contribution is 5.95. The normalized spacial score (nSPS) is 16.0. The number of carbonyl (C=O) groups excluding carboxylic acids is 1. The van der Waals surface area contributed by atoms with Gasteiger partial charge in [0.05, 0.1) is 37.7 Å². The average molecular weight is 409 g/mol. The molecule has 0 radical (unpaired) electrons. The first-order valence-electron chi connectivity index (χ1n) is 9.87. The van der Waals surface area contributed by atoms with Crippen molar-refractivity contribution < 1.29 is 18.7 Å². The first-order chi connectivity index (χ1) is 14.5. The van der Waals surface area contributed by atoms with Crippen molar-refractivity contribution in [2.75, 3.05) is 20.8 Å². The van der Waals surface area contributed by atoms with Crippen molar-refractivity contribution in [1.29, 1.82) is 0 Å². The van der Waals surface area contributed by atoms with E-state index in [1.54, 1.807) is 39.3 Å². The van der Waals surface area contributed by atoms with Gasteiger partial charge in [-0.25, -0.2) is 9.07 Å². The molecular formula is C23H24FN3O3. The smallest absolute Gasteiger partial charge is 0.257 e. The first-order valence-corrected chi connectivity index (χ1v) is 9.87. The molecule has 1 aliphatic heterocycles. The number of hydrogen-bond donors (Lipinski definition) is 0. The highest BCUT2D eigenvalue weighted by Gasteiger charge is 2.34. The van der Waals surface area contributed by atoms with Crippen LogP contribution in [0.3, 0.4) is 0 Å². The summed E-state index contributed by atoms with van der Waals surface area (Å²) >= 11 is 0. The van der Waals surface area contributed by atoms with Crippen LogP contribution in [-0.4, -0.2) is 41.4 Å². The fraction of sp³-hybridized carbons (Fsp3) is 0.304. The molecule has 156 valence electrons. The maximum atomic E-state index is 14.2. The fourth-order valence-corrected chi connectivity index (χ4v) is 4.07. The molecule has 0 aliphatic carbocycles. The van der Waals surface area contributed by atoms with Crippen LogP contribution in [0.4, 0.5) is 4.39 Å². The Morgan fingerprint density at radius 3 is 2.70 bits per heavy atom. The second-order valence-electron chi connectivity index (χ2n) is 7.27. The van der Waals surface area contributed by atoms with Crippen LogP contribution in [0.2, 0.25) is 0 Å². The Balaban J connectivity index is 1.68. The van der Waals surface area contributed by atoms with Crippen LogP contribution in [0, 0.1) is 12.7 Å². The molecule has 1 saturated heterocycles. The van der Waals surface area contributed by atoms with E-state index in [2.05, 4.69) is 5.10 Å². The highest BCUT2D eigenvalue weighted by atomic mass is 19.1. The number of nitrogens with zero attached hydrogens (tertiary/aromatic N) is 3. The van der Waals surface area contributed by atoms with Crippen LogP contribution in [0.25, 0.3) is 5.69 Å². The third kappa shape index (κ3) is 3.40. The van der Waals surface area contributed by atoms with Gasteiger partial charge in [0.2, 0.25) is 0 Å². The summed E-state index contributed by atoms with van der Waals surface area (Å²) in [5.41, 5.74) is 2.31. The Morgan fingerprint density at radius 2 is 1.97 bits per heavy atom. The van der Waals surface area contributed by atoms with Crippen molar-refractivity contribution in [3.8, 4) is 17.2 Å². The molecule has 0 bridgehead atoms. The molecule has 6 nitrogen and oxygen atoms in total. The quantitative estimate of drug-likeness (QED) is 0.630. The average Bonchev–Trinajstić information content (AvgIpc) is 3.40. The second kappa shape index (κ2) is 8.18. The van der Waals surface area contributed by atoms with E-state index >= 15 is 0 Å². The Bertz CT molecular complexity index is 1080. The van der Waals surface area contributed by atoms with Crippen molar-refractivity contribution in [2.45, 2.75) is 25.8 Å². The van der Waals surface area contributed by atoms with Gasteiger partial charge in [-0.05, 0) is 50.1 Å². The number of ether oxygens (including phenoxy) is 2. The van der Waals surface area contributed by atoms with Crippen LogP contribution >= 0.6 is 0 Å².